The number of hydrogen-bond donors (Lipinski definition) is 1. The van der Waals surface area contributed by atoms with E-state index >= 15 is 0 Å². The Kier molecular flexibility index (Phi) is 3.51. The van der Waals surface area contributed by atoms with Crippen LogP contribution in [-0.2, 0) is 4.79 Å². The van der Waals surface area contributed by atoms with Crippen LogP contribution in [-0.4, -0.2) is 17.9 Å². The maximum atomic E-state index is 12.7. The van der Waals surface area contributed by atoms with E-state index in [1.54, 1.807) is 4.90 Å². The van der Waals surface area contributed by atoms with Gasteiger partial charge in [0, 0.05) is 17.1 Å². The molecule has 2 atom stereocenters. The average Bonchev–Trinajstić information content (AvgIpc) is 3.00. The molecular formula is C16H16N2O2S. The summed E-state index contributed by atoms with van der Waals surface area (Å²) in [5, 5.41) is 3.73. The van der Waals surface area contributed by atoms with E-state index < -0.39 is 0 Å². The van der Waals surface area contributed by atoms with Crippen LogP contribution in [0.4, 0.5) is 5.69 Å². The molecule has 0 radical (unpaired) electrons. The summed E-state index contributed by atoms with van der Waals surface area (Å²) in [5.41, 5.74) is 7.83. The average molecular weight is 300 g/mol. The number of amides is 2. The Hall–Kier alpha value is -2.14. The van der Waals surface area contributed by atoms with E-state index in [0.29, 0.717) is 12.0 Å². The van der Waals surface area contributed by atoms with Crippen molar-refractivity contribution in [1.82, 2.24) is 0 Å². The number of fused-ring (bicyclic) bond motifs is 1. The highest BCUT2D eigenvalue weighted by Crippen LogP contribution is 2.39. The van der Waals surface area contributed by atoms with Crippen molar-refractivity contribution in [2.45, 2.75) is 25.3 Å². The van der Waals surface area contributed by atoms with Crippen LogP contribution in [0.15, 0.2) is 41.1 Å². The fourth-order valence-corrected chi connectivity index (χ4v) is 3.55. The lowest BCUT2D eigenvalue weighted by molar-refractivity contribution is -0.119. The standard InChI is InChI=1S/C16H16N2O2S/c1-10-8-13(15(17)19)12-4-2-3-5-14(12)18(10)16(20)11-6-7-21-9-11/h2-7,9-10,13H,8H2,1H3,(H2,17,19)/t10-,13+/m0/s1. The van der Waals surface area contributed by atoms with Crippen LogP contribution in [0.3, 0.4) is 0 Å². The van der Waals surface area contributed by atoms with Crippen molar-refractivity contribution in [3.05, 3.63) is 52.2 Å². The molecular weight excluding hydrogens is 284 g/mol. The minimum atomic E-state index is -0.336. The lowest BCUT2D eigenvalue weighted by Crippen LogP contribution is -2.45. The first-order chi connectivity index (χ1) is 10.1. The lowest BCUT2D eigenvalue weighted by atomic mass is 9.85. The second kappa shape index (κ2) is 5.33. The number of primary amides is 1. The smallest absolute Gasteiger partial charge is 0.259 e. The third-order valence-corrected chi connectivity index (χ3v) is 4.60. The molecule has 3 rings (SSSR count). The summed E-state index contributed by atoms with van der Waals surface area (Å²) in [6, 6.07) is 9.27. The molecule has 0 bridgehead atoms. The zero-order chi connectivity index (χ0) is 15.0. The number of benzene rings is 1. The van der Waals surface area contributed by atoms with Crippen LogP contribution in [0.25, 0.3) is 0 Å². The third-order valence-electron chi connectivity index (χ3n) is 3.92. The number of carbonyl (C=O) groups excluding carboxylic acids is 2. The molecule has 0 unspecified atom stereocenters. The highest BCUT2D eigenvalue weighted by Gasteiger charge is 2.36. The molecule has 0 spiro atoms. The monoisotopic (exact) mass is 300 g/mol. The lowest BCUT2D eigenvalue weighted by Gasteiger charge is -2.38. The summed E-state index contributed by atoms with van der Waals surface area (Å²) in [6.45, 7) is 1.95. The van der Waals surface area contributed by atoms with E-state index in [1.165, 1.54) is 11.3 Å². The van der Waals surface area contributed by atoms with Gasteiger partial charge in [0.1, 0.15) is 0 Å². The van der Waals surface area contributed by atoms with E-state index in [9.17, 15) is 9.59 Å². The molecule has 2 heterocycles. The number of hydrogen-bond acceptors (Lipinski definition) is 3. The van der Waals surface area contributed by atoms with E-state index in [-0.39, 0.29) is 23.8 Å². The van der Waals surface area contributed by atoms with Crippen LogP contribution >= 0.6 is 11.3 Å². The minimum absolute atomic E-state index is 0.0286. The molecule has 2 amide bonds. The zero-order valence-corrected chi connectivity index (χ0v) is 12.5. The first-order valence-corrected chi connectivity index (χ1v) is 7.78. The molecule has 0 fully saturated rings. The van der Waals surface area contributed by atoms with Crippen LogP contribution in [0.1, 0.15) is 35.2 Å². The van der Waals surface area contributed by atoms with Crippen LogP contribution in [0.2, 0.25) is 0 Å². The highest BCUT2D eigenvalue weighted by atomic mass is 32.1. The normalized spacial score (nSPS) is 20.9. The molecule has 0 aliphatic carbocycles. The topological polar surface area (TPSA) is 63.4 Å². The largest absolute Gasteiger partial charge is 0.369 e. The van der Waals surface area contributed by atoms with Crippen molar-refractivity contribution in [1.29, 1.82) is 0 Å². The quantitative estimate of drug-likeness (QED) is 0.927. The Morgan fingerprint density at radius 2 is 2.05 bits per heavy atom. The summed E-state index contributed by atoms with van der Waals surface area (Å²) < 4.78 is 0. The van der Waals surface area contributed by atoms with Gasteiger partial charge in [-0.1, -0.05) is 18.2 Å². The van der Waals surface area contributed by atoms with Crippen LogP contribution < -0.4 is 10.6 Å². The molecule has 108 valence electrons. The van der Waals surface area contributed by atoms with E-state index in [2.05, 4.69) is 0 Å². The fraction of sp³-hybridized carbons (Fsp3) is 0.250. The molecule has 5 heteroatoms. The fourth-order valence-electron chi connectivity index (χ4n) is 2.92. The van der Waals surface area contributed by atoms with Crippen molar-refractivity contribution >= 4 is 28.8 Å². The summed E-state index contributed by atoms with van der Waals surface area (Å²) in [6.07, 6.45) is 0.558. The van der Waals surface area contributed by atoms with Gasteiger partial charge in [-0.2, -0.15) is 11.3 Å². The number of thiophene rings is 1. The first-order valence-electron chi connectivity index (χ1n) is 6.83. The molecule has 1 aliphatic rings. The van der Waals surface area contributed by atoms with Crippen molar-refractivity contribution in [2.24, 2.45) is 5.73 Å². The van der Waals surface area contributed by atoms with Crippen LogP contribution in [0, 0.1) is 0 Å². The summed E-state index contributed by atoms with van der Waals surface area (Å²) in [7, 11) is 0. The Labute approximate surface area is 127 Å². The van der Waals surface area contributed by atoms with Gasteiger partial charge in [-0.05, 0) is 36.4 Å². The molecule has 1 aromatic heterocycles. The number of nitrogens with zero attached hydrogens (tertiary/aromatic N) is 1. The van der Waals surface area contributed by atoms with Crippen molar-refractivity contribution in [2.75, 3.05) is 4.90 Å². The molecule has 0 saturated heterocycles. The summed E-state index contributed by atoms with van der Waals surface area (Å²) in [4.78, 5) is 26.2. The number of rotatable bonds is 2. The SMILES string of the molecule is C[C@H]1C[C@@H](C(N)=O)c2ccccc2N1C(=O)c1ccsc1. The number of para-hydroxylation sites is 1. The van der Waals surface area contributed by atoms with E-state index in [4.69, 9.17) is 5.73 Å². The van der Waals surface area contributed by atoms with E-state index in [1.807, 2.05) is 48.0 Å². The summed E-state index contributed by atoms with van der Waals surface area (Å²) >= 11 is 1.50. The van der Waals surface area contributed by atoms with Gasteiger partial charge in [0.25, 0.3) is 5.91 Å². The van der Waals surface area contributed by atoms with Gasteiger partial charge in [0.2, 0.25) is 5.91 Å². The highest BCUT2D eigenvalue weighted by molar-refractivity contribution is 7.08. The predicted molar refractivity (Wildman–Crippen MR) is 83.6 cm³/mol. The Balaban J connectivity index is 2.07. The summed E-state index contributed by atoms with van der Waals surface area (Å²) in [5.74, 6) is -0.696. The molecule has 21 heavy (non-hydrogen) atoms. The van der Waals surface area contributed by atoms with Gasteiger partial charge in [-0.3, -0.25) is 9.59 Å². The molecule has 1 aliphatic heterocycles. The predicted octanol–water partition coefficient (Wildman–Crippen LogP) is 2.76. The van der Waals surface area contributed by atoms with Gasteiger partial charge in [0.15, 0.2) is 0 Å². The Bertz CT molecular complexity index is 681. The number of carbonyl (C=O) groups is 2. The van der Waals surface area contributed by atoms with Gasteiger partial charge < -0.3 is 10.6 Å². The van der Waals surface area contributed by atoms with Gasteiger partial charge >= 0.3 is 0 Å². The number of anilines is 1. The van der Waals surface area contributed by atoms with Gasteiger partial charge in [-0.15, -0.1) is 0 Å². The minimum Gasteiger partial charge on any atom is -0.369 e. The molecule has 1 aromatic carbocycles. The van der Waals surface area contributed by atoms with Gasteiger partial charge in [-0.25, -0.2) is 0 Å². The van der Waals surface area contributed by atoms with Crippen LogP contribution in [0.5, 0.6) is 0 Å². The van der Waals surface area contributed by atoms with E-state index in [0.717, 1.165) is 11.3 Å². The Morgan fingerprint density at radius 3 is 2.71 bits per heavy atom. The maximum absolute atomic E-state index is 12.7. The Morgan fingerprint density at radius 1 is 1.29 bits per heavy atom. The van der Waals surface area contributed by atoms with Gasteiger partial charge in [0.05, 0.1) is 11.5 Å². The molecule has 2 N–H and O–H groups in total. The number of nitrogens with two attached hydrogens (primary N) is 1. The second-order valence-corrected chi connectivity index (χ2v) is 6.07. The maximum Gasteiger partial charge on any atom is 0.259 e. The molecule has 4 nitrogen and oxygen atoms in total. The molecule has 0 saturated carbocycles. The first kappa shape index (κ1) is 13.8. The molecule has 2 aromatic rings. The van der Waals surface area contributed by atoms with Crippen molar-refractivity contribution in [3.8, 4) is 0 Å². The zero-order valence-electron chi connectivity index (χ0n) is 11.7. The third kappa shape index (κ3) is 2.34. The van der Waals surface area contributed by atoms with Crippen molar-refractivity contribution in [3.63, 3.8) is 0 Å². The second-order valence-electron chi connectivity index (χ2n) is 5.29. The van der Waals surface area contributed by atoms with Crippen molar-refractivity contribution < 1.29 is 9.59 Å².